The fraction of sp³-hybridized carbons (Fsp3) is 0.571. The molecule has 0 radical (unpaired) electrons. The molecule has 0 aliphatic heterocycles. The smallest absolute Gasteiger partial charge is 0.0406 e. The van der Waals surface area contributed by atoms with Gasteiger partial charge in [-0.25, -0.2) is 0 Å². The van der Waals surface area contributed by atoms with Gasteiger partial charge in [0.2, 0.25) is 0 Å². The molecule has 1 aromatic carbocycles. The Morgan fingerprint density at radius 2 is 1.94 bits per heavy atom. The van der Waals surface area contributed by atoms with E-state index in [1.54, 1.807) is 0 Å². The molecule has 0 aromatic heterocycles. The minimum atomic E-state index is 0.466. The number of rotatable bonds is 5. The lowest BCUT2D eigenvalue weighted by atomic mass is 10.0. The zero-order valence-electron chi connectivity index (χ0n) is 10.0. The van der Waals surface area contributed by atoms with Crippen molar-refractivity contribution in [1.82, 2.24) is 5.32 Å². The Balaban J connectivity index is 2.00. The molecule has 1 saturated carbocycles. The third kappa shape index (κ3) is 2.99. The lowest BCUT2D eigenvalue weighted by Crippen LogP contribution is -2.31. The highest BCUT2D eigenvalue weighted by atomic mass is 35.5. The molecule has 2 unspecified atom stereocenters. The minimum absolute atomic E-state index is 0.466. The van der Waals surface area contributed by atoms with E-state index in [9.17, 15) is 0 Å². The molecule has 1 aromatic rings. The number of benzene rings is 1. The third-order valence-corrected chi connectivity index (χ3v) is 3.73. The second kappa shape index (κ2) is 5.20. The van der Waals surface area contributed by atoms with E-state index in [0.717, 1.165) is 17.4 Å². The van der Waals surface area contributed by atoms with Crippen molar-refractivity contribution in [2.45, 2.75) is 45.2 Å². The second-order valence-corrected chi connectivity index (χ2v) is 5.24. The Morgan fingerprint density at radius 3 is 2.44 bits per heavy atom. The summed E-state index contributed by atoms with van der Waals surface area (Å²) >= 11 is 5.91. The molecule has 0 spiro atoms. The van der Waals surface area contributed by atoms with Gasteiger partial charge in [-0.2, -0.15) is 0 Å². The quantitative estimate of drug-likeness (QED) is 0.810. The highest BCUT2D eigenvalue weighted by Gasteiger charge is 2.29. The summed E-state index contributed by atoms with van der Waals surface area (Å²) in [5.74, 6) is 0.904. The Labute approximate surface area is 103 Å². The normalized spacial score (nSPS) is 19.4. The number of halogens is 1. The van der Waals surface area contributed by atoms with E-state index >= 15 is 0 Å². The van der Waals surface area contributed by atoms with E-state index < -0.39 is 0 Å². The van der Waals surface area contributed by atoms with Crippen LogP contribution in [0.3, 0.4) is 0 Å². The molecule has 0 amide bonds. The van der Waals surface area contributed by atoms with Crippen molar-refractivity contribution in [2.24, 2.45) is 5.92 Å². The van der Waals surface area contributed by atoms with Gasteiger partial charge in [0, 0.05) is 17.1 Å². The van der Waals surface area contributed by atoms with E-state index in [2.05, 4.69) is 31.3 Å². The summed E-state index contributed by atoms with van der Waals surface area (Å²) in [6, 6.07) is 9.31. The van der Waals surface area contributed by atoms with Crippen LogP contribution in [-0.2, 0) is 0 Å². The summed E-state index contributed by atoms with van der Waals surface area (Å²) in [6.07, 6.45) is 3.91. The van der Waals surface area contributed by atoms with E-state index in [4.69, 9.17) is 11.6 Å². The van der Waals surface area contributed by atoms with E-state index in [-0.39, 0.29) is 0 Å². The molecule has 2 heteroatoms. The van der Waals surface area contributed by atoms with Crippen LogP contribution in [-0.4, -0.2) is 6.04 Å². The van der Waals surface area contributed by atoms with Gasteiger partial charge in [-0.1, -0.05) is 30.7 Å². The van der Waals surface area contributed by atoms with Gasteiger partial charge in [-0.3, -0.25) is 0 Å². The molecule has 0 heterocycles. The van der Waals surface area contributed by atoms with E-state index in [0.29, 0.717) is 12.1 Å². The fourth-order valence-corrected chi connectivity index (χ4v) is 2.32. The summed E-state index contributed by atoms with van der Waals surface area (Å²) in [4.78, 5) is 0. The maximum absolute atomic E-state index is 5.91. The predicted octanol–water partition coefficient (Wildman–Crippen LogP) is 4.18. The van der Waals surface area contributed by atoms with Crippen LogP contribution >= 0.6 is 11.6 Å². The van der Waals surface area contributed by atoms with Gasteiger partial charge in [0.25, 0.3) is 0 Å². The van der Waals surface area contributed by atoms with Crippen molar-refractivity contribution < 1.29 is 0 Å². The predicted molar refractivity (Wildman–Crippen MR) is 69.8 cm³/mol. The van der Waals surface area contributed by atoms with Crippen molar-refractivity contribution in [2.75, 3.05) is 0 Å². The summed E-state index contributed by atoms with van der Waals surface area (Å²) in [5.41, 5.74) is 1.35. The first-order valence-electron chi connectivity index (χ1n) is 6.22. The molecule has 0 saturated heterocycles. The third-order valence-electron chi connectivity index (χ3n) is 3.47. The van der Waals surface area contributed by atoms with Crippen molar-refractivity contribution in [3.63, 3.8) is 0 Å². The van der Waals surface area contributed by atoms with Crippen LogP contribution in [0.5, 0.6) is 0 Å². The van der Waals surface area contributed by atoms with Crippen LogP contribution in [0.1, 0.15) is 44.7 Å². The maximum atomic E-state index is 5.91. The first-order chi connectivity index (χ1) is 7.70. The van der Waals surface area contributed by atoms with Crippen LogP contribution in [0.4, 0.5) is 0 Å². The average molecular weight is 238 g/mol. The standard InChI is InChI=1S/C14H20ClN/c1-3-14(16-10(2)11-4-5-11)12-6-8-13(15)9-7-12/h6-11,14,16H,3-5H2,1-2H3. The fourth-order valence-electron chi connectivity index (χ4n) is 2.19. The van der Waals surface area contributed by atoms with Crippen LogP contribution in [0.25, 0.3) is 0 Å². The first kappa shape index (κ1) is 11.9. The molecule has 1 nitrogen and oxygen atoms in total. The summed E-state index contributed by atoms with van der Waals surface area (Å²) in [7, 11) is 0. The Hall–Kier alpha value is -0.530. The van der Waals surface area contributed by atoms with Crippen molar-refractivity contribution in [3.8, 4) is 0 Å². The molecule has 16 heavy (non-hydrogen) atoms. The lowest BCUT2D eigenvalue weighted by Gasteiger charge is -2.22. The first-order valence-corrected chi connectivity index (χ1v) is 6.60. The van der Waals surface area contributed by atoms with Crippen LogP contribution in [0.15, 0.2) is 24.3 Å². The van der Waals surface area contributed by atoms with Gasteiger partial charge in [0.1, 0.15) is 0 Å². The van der Waals surface area contributed by atoms with Gasteiger partial charge >= 0.3 is 0 Å². The number of nitrogens with one attached hydrogen (secondary N) is 1. The largest absolute Gasteiger partial charge is 0.307 e. The monoisotopic (exact) mass is 237 g/mol. The molecule has 2 rings (SSSR count). The highest BCUT2D eigenvalue weighted by Crippen LogP contribution is 2.33. The molecular weight excluding hydrogens is 218 g/mol. The van der Waals surface area contributed by atoms with E-state index in [1.807, 2.05) is 12.1 Å². The summed E-state index contributed by atoms with van der Waals surface area (Å²) in [6.45, 7) is 4.53. The SMILES string of the molecule is CCC(NC(C)C1CC1)c1ccc(Cl)cc1. The zero-order chi connectivity index (χ0) is 11.5. The Kier molecular flexibility index (Phi) is 3.88. The number of hydrogen-bond donors (Lipinski definition) is 1. The van der Waals surface area contributed by atoms with Crippen molar-refractivity contribution in [3.05, 3.63) is 34.9 Å². The molecule has 2 atom stereocenters. The molecule has 0 bridgehead atoms. The molecule has 1 aliphatic rings. The van der Waals surface area contributed by atoms with Gasteiger partial charge in [0.15, 0.2) is 0 Å². The van der Waals surface area contributed by atoms with Crippen LogP contribution < -0.4 is 5.32 Å². The van der Waals surface area contributed by atoms with Gasteiger partial charge in [-0.05, 0) is 49.8 Å². The van der Waals surface area contributed by atoms with Crippen LogP contribution in [0.2, 0.25) is 5.02 Å². The van der Waals surface area contributed by atoms with Crippen molar-refractivity contribution in [1.29, 1.82) is 0 Å². The van der Waals surface area contributed by atoms with Gasteiger partial charge in [-0.15, -0.1) is 0 Å². The second-order valence-electron chi connectivity index (χ2n) is 4.81. The molecule has 88 valence electrons. The molecular formula is C14H20ClN. The topological polar surface area (TPSA) is 12.0 Å². The molecule has 1 fully saturated rings. The average Bonchev–Trinajstić information content (AvgIpc) is 3.11. The van der Waals surface area contributed by atoms with Gasteiger partial charge in [0.05, 0.1) is 0 Å². The van der Waals surface area contributed by atoms with E-state index in [1.165, 1.54) is 18.4 Å². The highest BCUT2D eigenvalue weighted by molar-refractivity contribution is 6.30. The molecule has 1 N–H and O–H groups in total. The molecule has 1 aliphatic carbocycles. The minimum Gasteiger partial charge on any atom is -0.307 e. The summed E-state index contributed by atoms with van der Waals surface area (Å²) in [5, 5.41) is 4.53. The van der Waals surface area contributed by atoms with Gasteiger partial charge < -0.3 is 5.32 Å². The lowest BCUT2D eigenvalue weighted by molar-refractivity contribution is 0.414. The summed E-state index contributed by atoms with van der Waals surface area (Å²) < 4.78 is 0. The van der Waals surface area contributed by atoms with Crippen LogP contribution in [0, 0.1) is 5.92 Å². The number of hydrogen-bond acceptors (Lipinski definition) is 1. The maximum Gasteiger partial charge on any atom is 0.0406 e. The zero-order valence-corrected chi connectivity index (χ0v) is 10.8. The Bertz CT molecular complexity index is 329. The Morgan fingerprint density at radius 1 is 1.31 bits per heavy atom. The van der Waals surface area contributed by atoms with Crippen molar-refractivity contribution >= 4 is 11.6 Å².